The van der Waals surface area contributed by atoms with Crippen molar-refractivity contribution in [3.8, 4) is 5.75 Å². The number of aromatic hydroxyl groups is 1. The summed E-state index contributed by atoms with van der Waals surface area (Å²) in [5, 5.41) is 99.6. The quantitative estimate of drug-likeness (QED) is 0.0610. The molecule has 3 heterocycles. The first-order chi connectivity index (χ1) is 34.9. The molecule has 2 unspecified atom stereocenters. The van der Waals surface area contributed by atoms with Crippen molar-refractivity contribution in [3.63, 3.8) is 0 Å². The molecule has 24 nitrogen and oxygen atoms in total. The van der Waals surface area contributed by atoms with Crippen molar-refractivity contribution < 1.29 is 79.2 Å². The Morgan fingerprint density at radius 1 is 0.730 bits per heavy atom. The van der Waals surface area contributed by atoms with Gasteiger partial charge in [-0.15, -0.1) is 0 Å². The zero-order valence-electron chi connectivity index (χ0n) is 42.8. The van der Waals surface area contributed by atoms with Crippen LogP contribution in [0.3, 0.4) is 0 Å². The molecule has 0 aliphatic carbocycles. The molecule has 3 fully saturated rings. The minimum atomic E-state index is -2.32. The van der Waals surface area contributed by atoms with E-state index >= 15 is 0 Å². The van der Waals surface area contributed by atoms with Crippen LogP contribution in [-0.2, 0) is 38.4 Å². The van der Waals surface area contributed by atoms with Gasteiger partial charge in [0, 0.05) is 32.4 Å². The highest BCUT2D eigenvalue weighted by atomic mass is 16.3. The number of benzene rings is 1. The highest BCUT2D eigenvalue weighted by molar-refractivity contribution is 5.98. The van der Waals surface area contributed by atoms with Gasteiger partial charge >= 0.3 is 0 Å². The summed E-state index contributed by atoms with van der Waals surface area (Å²) in [5.41, 5.74) is 5.26. The first-order valence-corrected chi connectivity index (χ1v) is 25.9. The minimum absolute atomic E-state index is 0.0496. The number of carbonyl (C=O) groups is 8. The first-order valence-electron chi connectivity index (χ1n) is 25.9. The summed E-state index contributed by atoms with van der Waals surface area (Å²) in [5.74, 6) is -7.88. The molecule has 0 saturated carbocycles. The van der Waals surface area contributed by atoms with E-state index in [0.717, 1.165) is 67.4 Å². The summed E-state index contributed by atoms with van der Waals surface area (Å²) in [6, 6.07) is -6.52. The Morgan fingerprint density at radius 3 is 1.96 bits per heavy atom. The van der Waals surface area contributed by atoms with Gasteiger partial charge in [-0.3, -0.25) is 38.4 Å². The lowest BCUT2D eigenvalue weighted by Gasteiger charge is -2.34. The number of unbranched alkanes of at least 4 members (excludes halogenated alkanes) is 5. The van der Waals surface area contributed by atoms with Crippen LogP contribution in [0.2, 0.25) is 0 Å². The summed E-state index contributed by atoms with van der Waals surface area (Å²) in [4.78, 5) is 112. The number of hydrogen-bond acceptors (Lipinski definition) is 16. The number of carbonyl (C=O) groups excluding carboxylic acids is 8. The molecule has 0 radical (unpaired) electrons. The molecule has 3 aliphatic heterocycles. The molecule has 15 N–H and O–H groups in total. The number of fused-ring (bicyclic) bond motifs is 2. The summed E-state index contributed by atoms with van der Waals surface area (Å²) in [7, 11) is 0. The molecule has 0 bridgehead atoms. The van der Waals surface area contributed by atoms with Crippen LogP contribution in [0.25, 0.3) is 0 Å². The first kappa shape index (κ1) is 61.1. The number of hydrogen-bond donors (Lipinski definition) is 14. The molecule has 8 amide bonds. The van der Waals surface area contributed by atoms with Crippen LogP contribution in [0.4, 0.5) is 0 Å². The Balaban J connectivity index is 1.67. The van der Waals surface area contributed by atoms with E-state index in [-0.39, 0.29) is 37.1 Å². The van der Waals surface area contributed by atoms with Crippen molar-refractivity contribution in [3.05, 3.63) is 29.8 Å². The minimum Gasteiger partial charge on any atom is -0.508 e. The predicted molar refractivity (Wildman–Crippen MR) is 264 cm³/mol. The topological polar surface area (TPSA) is 391 Å². The Kier molecular flexibility index (Phi) is 23.9. The molecule has 24 heteroatoms. The maximum Gasteiger partial charge on any atom is 0.248 e. The van der Waals surface area contributed by atoms with Gasteiger partial charge in [0.2, 0.25) is 47.3 Å². The Labute approximate surface area is 431 Å². The number of phenols is 1. The molecule has 3 saturated heterocycles. The molecule has 0 spiro atoms. The average molecular weight is 1050 g/mol. The molecular weight excluding hydrogens is 969 g/mol. The van der Waals surface area contributed by atoms with E-state index < -0.39 is 152 Å². The maximum atomic E-state index is 14.4. The van der Waals surface area contributed by atoms with E-state index in [1.54, 1.807) is 0 Å². The third kappa shape index (κ3) is 17.6. The second kappa shape index (κ2) is 29.0. The van der Waals surface area contributed by atoms with Gasteiger partial charge in [0.05, 0.1) is 24.7 Å². The van der Waals surface area contributed by atoms with E-state index in [4.69, 9.17) is 5.73 Å². The molecule has 1 aromatic carbocycles. The van der Waals surface area contributed by atoms with E-state index in [1.165, 1.54) is 18.6 Å². The number of nitrogens with one attached hydrogen (secondary N) is 5. The normalized spacial score (nSPS) is 28.2. The highest BCUT2D eigenvalue weighted by Gasteiger charge is 2.47. The molecule has 74 heavy (non-hydrogen) atoms. The summed E-state index contributed by atoms with van der Waals surface area (Å²) >= 11 is 0. The van der Waals surface area contributed by atoms with Crippen molar-refractivity contribution >= 4 is 47.3 Å². The Morgan fingerprint density at radius 2 is 1.32 bits per heavy atom. The van der Waals surface area contributed by atoms with E-state index in [9.17, 15) is 79.2 Å². The summed E-state index contributed by atoms with van der Waals surface area (Å²) < 4.78 is 0. The number of phenolic OH excluding ortho intramolecular Hbond substituents is 1. The second-order valence-electron chi connectivity index (χ2n) is 20.4. The lowest BCUT2D eigenvalue weighted by molar-refractivity contribution is -0.148. The second-order valence-corrected chi connectivity index (χ2v) is 20.4. The number of aliphatic hydroxyl groups is 7. The average Bonchev–Trinajstić information content (AvgIpc) is 4.01. The number of nitrogens with zero attached hydrogens (tertiary/aromatic N) is 2. The van der Waals surface area contributed by atoms with Gasteiger partial charge in [-0.2, -0.15) is 0 Å². The molecule has 1 aromatic rings. The molecule has 4 rings (SSSR count). The fourth-order valence-electron chi connectivity index (χ4n) is 9.77. The van der Waals surface area contributed by atoms with Gasteiger partial charge in [-0.05, 0) is 62.1 Å². The number of aliphatic hydroxyl groups excluding tert-OH is 7. The predicted octanol–water partition coefficient (Wildman–Crippen LogP) is -2.31. The molecule has 3 aliphatic rings. The molecular formula is C50H80N8O16. The van der Waals surface area contributed by atoms with Gasteiger partial charge in [0.1, 0.15) is 60.3 Å². The Bertz CT molecular complexity index is 2070. The number of primary amides is 1. The van der Waals surface area contributed by atoms with Gasteiger partial charge in [0.15, 0.2) is 6.23 Å². The van der Waals surface area contributed by atoms with Crippen molar-refractivity contribution in [1.29, 1.82) is 0 Å². The van der Waals surface area contributed by atoms with Crippen molar-refractivity contribution in [2.45, 2.75) is 203 Å². The third-order valence-electron chi connectivity index (χ3n) is 14.2. The van der Waals surface area contributed by atoms with Crippen LogP contribution < -0.4 is 32.3 Å². The molecule has 416 valence electrons. The van der Waals surface area contributed by atoms with Gasteiger partial charge in [0.25, 0.3) is 0 Å². The standard InChI is InChI=1S/C50H80N8O16/c1-5-26(2)21-27(3)13-10-8-6-7-9-11-15-38(65)52-32-23-36(63)47(71)56-45(69)33-14-12-20-57(33)50(74)40(35(62)24-37(51)64)54-48(72)41(43(67)42(66)29-16-18-30(60)19-17-29)55-46(70)34-22-31(61)25-58(34)49(73)39(28(4)59)53-44(32)68/h16-19,26-28,31-36,39-43,47,59-63,66-67,71H,5-15,20-25H2,1-4H3,(H2,51,64)(H,52,65)(H,53,68)(H,54,72)(H,55,70)(H,56,69)/t26?,27?,28-,31+,32-,33-,34-,35-,36+,39-,40-,41-,42-,43-,47+/m0/s1. The van der Waals surface area contributed by atoms with Crippen LogP contribution in [0.15, 0.2) is 24.3 Å². The smallest absolute Gasteiger partial charge is 0.248 e. The number of rotatable bonds is 20. The van der Waals surface area contributed by atoms with Gasteiger partial charge in [-0.25, -0.2) is 0 Å². The fourth-order valence-corrected chi connectivity index (χ4v) is 9.77. The van der Waals surface area contributed by atoms with Gasteiger partial charge in [-0.1, -0.05) is 77.8 Å². The van der Waals surface area contributed by atoms with Crippen LogP contribution in [0.5, 0.6) is 5.75 Å². The van der Waals surface area contributed by atoms with Crippen LogP contribution in [-0.4, -0.2) is 184 Å². The van der Waals surface area contributed by atoms with Gasteiger partial charge < -0.3 is 83.0 Å². The zero-order chi connectivity index (χ0) is 55.0. The Hall–Kier alpha value is -5.50. The number of nitrogens with two attached hydrogens (primary N) is 1. The van der Waals surface area contributed by atoms with Crippen LogP contribution in [0, 0.1) is 11.8 Å². The van der Waals surface area contributed by atoms with E-state index in [1.807, 2.05) is 0 Å². The summed E-state index contributed by atoms with van der Waals surface area (Å²) in [6.07, 6.45) is -7.31. The SMILES string of the molecule is CCC(C)CC(C)CCCCCCCCC(=O)N[C@H]1C[C@@H](O)[C@@H](O)NC(=O)[C@@H]2CCCN2C(=O)[C@H]([C@@H](O)CC(N)=O)NC(=O)[C@H]([C@H](O)[C@@H](O)c2ccc(O)cc2)NC(=O)[C@@H]2C[C@@H](O)CN2C(=O)[C@H]([C@H](C)O)NC1=O. The van der Waals surface area contributed by atoms with Crippen molar-refractivity contribution in [2.24, 2.45) is 17.6 Å². The maximum absolute atomic E-state index is 14.4. The highest BCUT2D eigenvalue weighted by Crippen LogP contribution is 2.26. The van der Waals surface area contributed by atoms with Crippen LogP contribution in [0.1, 0.15) is 136 Å². The lowest BCUT2D eigenvalue weighted by Crippen LogP contribution is -2.64. The van der Waals surface area contributed by atoms with Crippen LogP contribution >= 0.6 is 0 Å². The third-order valence-corrected chi connectivity index (χ3v) is 14.2. The van der Waals surface area contributed by atoms with Crippen molar-refractivity contribution in [2.75, 3.05) is 13.1 Å². The number of amides is 8. The van der Waals surface area contributed by atoms with Crippen molar-refractivity contribution in [1.82, 2.24) is 36.4 Å². The fraction of sp³-hybridized carbons (Fsp3) is 0.720. The zero-order valence-corrected chi connectivity index (χ0v) is 42.8. The summed E-state index contributed by atoms with van der Waals surface area (Å²) in [6.45, 7) is 7.09. The molecule has 15 atom stereocenters. The largest absolute Gasteiger partial charge is 0.508 e. The monoisotopic (exact) mass is 1050 g/mol. The lowest BCUT2D eigenvalue weighted by atomic mass is 9.91. The van der Waals surface area contributed by atoms with E-state index in [2.05, 4.69) is 47.4 Å². The van der Waals surface area contributed by atoms with E-state index in [0.29, 0.717) is 24.7 Å². The molecule has 0 aromatic heterocycles.